The average molecular weight is 285 g/mol. The van der Waals surface area contributed by atoms with Crippen molar-refractivity contribution in [3.05, 3.63) is 48.3 Å². The second kappa shape index (κ2) is 6.74. The summed E-state index contributed by atoms with van der Waals surface area (Å²) in [5, 5.41) is 6.05. The van der Waals surface area contributed by atoms with Crippen LogP contribution in [0.15, 0.2) is 42.6 Å². The Morgan fingerprint density at radius 1 is 1.14 bits per heavy atom. The molecule has 2 rings (SSSR count). The number of anilines is 2. The highest BCUT2D eigenvalue weighted by Crippen LogP contribution is 2.20. The van der Waals surface area contributed by atoms with Crippen LogP contribution < -0.4 is 15.4 Å². The zero-order chi connectivity index (χ0) is 15.2. The molecule has 0 saturated carbocycles. The number of nitrogens with zero attached hydrogens (tertiary/aromatic N) is 1. The van der Waals surface area contributed by atoms with Gasteiger partial charge in [0.15, 0.2) is 0 Å². The van der Waals surface area contributed by atoms with Crippen molar-refractivity contribution < 1.29 is 9.53 Å². The van der Waals surface area contributed by atoms with Gasteiger partial charge in [0.1, 0.15) is 11.4 Å². The molecular formula is C16H19N3O2. The number of hydrogen-bond donors (Lipinski definition) is 2. The Labute approximate surface area is 124 Å². The highest BCUT2D eigenvalue weighted by Gasteiger charge is 2.09. The van der Waals surface area contributed by atoms with Crippen LogP contribution in [-0.2, 0) is 0 Å². The molecule has 21 heavy (non-hydrogen) atoms. The Hall–Kier alpha value is -2.56. The standard InChI is InChI=1S/C16H19N3O2/c1-11(2)18-16(20)15-10-13(8-9-17-15)19-12-4-6-14(21-3)7-5-12/h4-11H,1-3H3,(H,17,19)(H,18,20). The Bertz CT molecular complexity index is 609. The quantitative estimate of drug-likeness (QED) is 0.886. The van der Waals surface area contributed by atoms with Gasteiger partial charge in [-0.05, 0) is 50.2 Å². The third-order valence-corrected chi connectivity index (χ3v) is 2.79. The molecular weight excluding hydrogens is 266 g/mol. The predicted octanol–water partition coefficient (Wildman–Crippen LogP) is 2.97. The molecule has 0 radical (unpaired) electrons. The van der Waals surface area contributed by atoms with Gasteiger partial charge < -0.3 is 15.4 Å². The summed E-state index contributed by atoms with van der Waals surface area (Å²) < 4.78 is 5.12. The van der Waals surface area contributed by atoms with E-state index in [1.165, 1.54) is 0 Å². The van der Waals surface area contributed by atoms with Gasteiger partial charge in [-0.2, -0.15) is 0 Å². The Morgan fingerprint density at radius 3 is 2.48 bits per heavy atom. The number of carbonyl (C=O) groups excluding carboxylic acids is 1. The van der Waals surface area contributed by atoms with E-state index in [0.29, 0.717) is 5.69 Å². The van der Waals surface area contributed by atoms with Crippen molar-refractivity contribution in [3.63, 3.8) is 0 Å². The lowest BCUT2D eigenvalue weighted by Crippen LogP contribution is -2.30. The van der Waals surface area contributed by atoms with Gasteiger partial charge >= 0.3 is 0 Å². The lowest BCUT2D eigenvalue weighted by Gasteiger charge is -2.10. The number of nitrogens with one attached hydrogen (secondary N) is 2. The molecule has 0 unspecified atom stereocenters. The van der Waals surface area contributed by atoms with E-state index in [2.05, 4.69) is 15.6 Å². The number of rotatable bonds is 5. The third kappa shape index (κ3) is 4.21. The molecule has 0 fully saturated rings. The average Bonchev–Trinajstić information content (AvgIpc) is 2.47. The van der Waals surface area contributed by atoms with E-state index in [4.69, 9.17) is 4.74 Å². The lowest BCUT2D eigenvalue weighted by atomic mass is 10.2. The van der Waals surface area contributed by atoms with Crippen LogP contribution in [0.2, 0.25) is 0 Å². The van der Waals surface area contributed by atoms with Gasteiger partial charge in [-0.1, -0.05) is 0 Å². The molecule has 0 aliphatic carbocycles. The first-order chi connectivity index (χ1) is 10.1. The highest BCUT2D eigenvalue weighted by atomic mass is 16.5. The Kier molecular flexibility index (Phi) is 4.77. The topological polar surface area (TPSA) is 63.2 Å². The summed E-state index contributed by atoms with van der Waals surface area (Å²) in [6.07, 6.45) is 1.61. The van der Waals surface area contributed by atoms with Crippen LogP contribution in [0.1, 0.15) is 24.3 Å². The van der Waals surface area contributed by atoms with E-state index in [9.17, 15) is 4.79 Å². The van der Waals surface area contributed by atoms with Crippen molar-refractivity contribution in [3.8, 4) is 5.75 Å². The Morgan fingerprint density at radius 2 is 1.86 bits per heavy atom. The second-order valence-electron chi connectivity index (χ2n) is 4.91. The molecule has 0 aliphatic rings. The van der Waals surface area contributed by atoms with Crippen molar-refractivity contribution in [1.82, 2.24) is 10.3 Å². The number of carbonyl (C=O) groups is 1. The SMILES string of the molecule is COc1ccc(Nc2ccnc(C(=O)NC(C)C)c2)cc1. The van der Waals surface area contributed by atoms with E-state index in [0.717, 1.165) is 17.1 Å². The molecule has 1 amide bonds. The van der Waals surface area contributed by atoms with Crippen molar-refractivity contribution in [1.29, 1.82) is 0 Å². The zero-order valence-corrected chi connectivity index (χ0v) is 12.4. The maximum atomic E-state index is 11.9. The molecule has 0 bridgehead atoms. The molecule has 1 aromatic heterocycles. The normalized spacial score (nSPS) is 10.3. The summed E-state index contributed by atoms with van der Waals surface area (Å²) in [6.45, 7) is 3.83. The minimum atomic E-state index is -0.177. The van der Waals surface area contributed by atoms with Gasteiger partial charge in [0, 0.05) is 23.6 Å². The number of hydrogen-bond acceptors (Lipinski definition) is 4. The van der Waals surface area contributed by atoms with Gasteiger partial charge in [0.25, 0.3) is 5.91 Å². The van der Waals surface area contributed by atoms with Crippen molar-refractivity contribution in [2.45, 2.75) is 19.9 Å². The van der Waals surface area contributed by atoms with E-state index in [1.54, 1.807) is 19.4 Å². The van der Waals surface area contributed by atoms with Crippen LogP contribution in [0.4, 0.5) is 11.4 Å². The third-order valence-electron chi connectivity index (χ3n) is 2.79. The van der Waals surface area contributed by atoms with Crippen LogP contribution >= 0.6 is 0 Å². The van der Waals surface area contributed by atoms with Gasteiger partial charge in [-0.15, -0.1) is 0 Å². The van der Waals surface area contributed by atoms with Crippen LogP contribution in [0.5, 0.6) is 5.75 Å². The molecule has 5 nitrogen and oxygen atoms in total. The van der Waals surface area contributed by atoms with Crippen LogP contribution in [0.3, 0.4) is 0 Å². The van der Waals surface area contributed by atoms with E-state index in [-0.39, 0.29) is 11.9 Å². The van der Waals surface area contributed by atoms with Crippen molar-refractivity contribution in [2.75, 3.05) is 12.4 Å². The van der Waals surface area contributed by atoms with Gasteiger partial charge in [0.2, 0.25) is 0 Å². The summed E-state index contributed by atoms with van der Waals surface area (Å²) in [6, 6.07) is 11.2. The summed E-state index contributed by atoms with van der Waals surface area (Å²) in [5.41, 5.74) is 2.11. The fourth-order valence-corrected chi connectivity index (χ4v) is 1.81. The fraction of sp³-hybridized carbons (Fsp3) is 0.250. The zero-order valence-electron chi connectivity index (χ0n) is 12.4. The van der Waals surface area contributed by atoms with Crippen LogP contribution in [0, 0.1) is 0 Å². The maximum absolute atomic E-state index is 11.9. The summed E-state index contributed by atoms with van der Waals surface area (Å²) in [4.78, 5) is 16.0. The number of ether oxygens (including phenoxy) is 1. The molecule has 0 saturated heterocycles. The number of aromatic nitrogens is 1. The molecule has 110 valence electrons. The lowest BCUT2D eigenvalue weighted by molar-refractivity contribution is 0.0938. The first-order valence-corrected chi connectivity index (χ1v) is 6.76. The molecule has 0 spiro atoms. The summed E-state index contributed by atoms with van der Waals surface area (Å²) >= 11 is 0. The first-order valence-electron chi connectivity index (χ1n) is 6.76. The van der Waals surface area contributed by atoms with Gasteiger partial charge in [-0.25, -0.2) is 0 Å². The summed E-state index contributed by atoms with van der Waals surface area (Å²) in [7, 11) is 1.63. The Balaban J connectivity index is 2.11. The van der Waals surface area contributed by atoms with E-state index >= 15 is 0 Å². The largest absolute Gasteiger partial charge is 0.497 e. The smallest absolute Gasteiger partial charge is 0.270 e. The molecule has 2 N–H and O–H groups in total. The summed E-state index contributed by atoms with van der Waals surface area (Å²) in [5.74, 6) is 0.621. The molecule has 0 atom stereocenters. The van der Waals surface area contributed by atoms with Crippen LogP contribution in [-0.4, -0.2) is 24.0 Å². The number of benzene rings is 1. The minimum absolute atomic E-state index is 0.0810. The van der Waals surface area contributed by atoms with E-state index < -0.39 is 0 Å². The number of pyridine rings is 1. The molecule has 1 heterocycles. The van der Waals surface area contributed by atoms with Gasteiger partial charge in [-0.3, -0.25) is 9.78 Å². The molecule has 2 aromatic rings. The van der Waals surface area contributed by atoms with Gasteiger partial charge in [0.05, 0.1) is 7.11 Å². The highest BCUT2D eigenvalue weighted by molar-refractivity contribution is 5.93. The number of amides is 1. The van der Waals surface area contributed by atoms with Crippen molar-refractivity contribution >= 4 is 17.3 Å². The van der Waals surface area contributed by atoms with Crippen molar-refractivity contribution in [2.24, 2.45) is 0 Å². The minimum Gasteiger partial charge on any atom is -0.497 e. The molecule has 5 heteroatoms. The number of methoxy groups -OCH3 is 1. The molecule has 0 aliphatic heterocycles. The fourth-order valence-electron chi connectivity index (χ4n) is 1.81. The molecule has 1 aromatic carbocycles. The van der Waals surface area contributed by atoms with Crippen LogP contribution in [0.25, 0.3) is 0 Å². The second-order valence-corrected chi connectivity index (χ2v) is 4.91. The first kappa shape index (κ1) is 14.8. The predicted molar refractivity (Wildman–Crippen MR) is 83.1 cm³/mol. The maximum Gasteiger partial charge on any atom is 0.270 e. The van der Waals surface area contributed by atoms with E-state index in [1.807, 2.05) is 44.2 Å². The monoisotopic (exact) mass is 285 g/mol.